The second-order valence-electron chi connectivity index (χ2n) is 9.94. The van der Waals surface area contributed by atoms with Gasteiger partial charge in [0.15, 0.2) is 0 Å². The van der Waals surface area contributed by atoms with Crippen molar-refractivity contribution in [2.45, 2.75) is 46.1 Å². The van der Waals surface area contributed by atoms with E-state index in [0.717, 1.165) is 44.8 Å². The molecule has 4 aromatic heterocycles. The van der Waals surface area contributed by atoms with Crippen molar-refractivity contribution in [3.05, 3.63) is 34.9 Å². The first kappa shape index (κ1) is 26.9. The van der Waals surface area contributed by atoms with E-state index < -0.39 is 0 Å². The summed E-state index contributed by atoms with van der Waals surface area (Å²) < 4.78 is 21.5. The Morgan fingerprint density at radius 2 is 2.08 bits per heavy atom. The molecule has 1 unspecified atom stereocenters. The molecule has 0 fully saturated rings. The summed E-state index contributed by atoms with van der Waals surface area (Å²) in [5.41, 5.74) is 5.63. The Morgan fingerprint density at radius 1 is 1.26 bits per heavy atom. The van der Waals surface area contributed by atoms with Crippen LogP contribution in [0.3, 0.4) is 0 Å². The summed E-state index contributed by atoms with van der Waals surface area (Å²) in [5, 5.41) is 27.9. The zero-order chi connectivity index (χ0) is 27.7. The molecule has 2 atom stereocenters. The largest absolute Gasteiger partial charge is 0.476 e. The van der Waals surface area contributed by atoms with E-state index in [1.807, 2.05) is 57.8 Å². The third-order valence-electron chi connectivity index (χ3n) is 6.77. The van der Waals surface area contributed by atoms with Crippen LogP contribution >= 0.6 is 0 Å². The molecule has 2 N–H and O–H groups in total. The highest BCUT2D eigenvalue weighted by molar-refractivity contribution is 5.92. The van der Waals surface area contributed by atoms with E-state index in [4.69, 9.17) is 24.3 Å². The third kappa shape index (κ3) is 5.14. The highest BCUT2D eigenvalue weighted by atomic mass is 16.5. The average molecular weight is 537 g/mol. The van der Waals surface area contributed by atoms with E-state index in [1.54, 1.807) is 18.0 Å². The predicted molar refractivity (Wildman–Crippen MR) is 147 cm³/mol. The first-order chi connectivity index (χ1) is 18.8. The van der Waals surface area contributed by atoms with Gasteiger partial charge in [-0.3, -0.25) is 19.7 Å². The number of likely N-dealkylation sites (N-methyl/N-ethyl adjacent to an activating group) is 1. The van der Waals surface area contributed by atoms with E-state index in [2.05, 4.69) is 20.2 Å². The molecule has 5 rings (SSSR count). The van der Waals surface area contributed by atoms with Gasteiger partial charge in [-0.15, -0.1) is 5.10 Å². The number of aliphatic hydroxyl groups excluding tert-OH is 1. The fourth-order valence-corrected chi connectivity index (χ4v) is 5.01. The van der Waals surface area contributed by atoms with Gasteiger partial charge < -0.3 is 19.3 Å². The molecule has 0 aromatic carbocycles. The smallest absolute Gasteiger partial charge is 0.240 e. The molecule has 0 aliphatic carbocycles. The molecule has 0 radical (unpaired) electrons. The molecule has 0 spiro atoms. The fraction of sp³-hybridized carbons (Fsp3) is 0.481. The van der Waals surface area contributed by atoms with Crippen molar-refractivity contribution in [2.75, 3.05) is 33.9 Å². The van der Waals surface area contributed by atoms with Crippen LogP contribution in [0.2, 0.25) is 0 Å². The van der Waals surface area contributed by atoms with E-state index in [-0.39, 0.29) is 18.8 Å². The Hall–Kier alpha value is -3.74. The summed E-state index contributed by atoms with van der Waals surface area (Å²) in [4.78, 5) is 6.90. The van der Waals surface area contributed by atoms with Crippen molar-refractivity contribution < 1.29 is 19.3 Å². The summed E-state index contributed by atoms with van der Waals surface area (Å²) in [5.74, 6) is 1.15. The summed E-state index contributed by atoms with van der Waals surface area (Å²) in [6.45, 7) is 7.86. The van der Waals surface area contributed by atoms with Crippen LogP contribution in [0.1, 0.15) is 49.5 Å². The topological polar surface area (TPSA) is 128 Å². The van der Waals surface area contributed by atoms with Crippen molar-refractivity contribution in [3.63, 3.8) is 0 Å². The molecule has 1 aliphatic rings. The summed E-state index contributed by atoms with van der Waals surface area (Å²) in [6.07, 6.45) is 5.55. The van der Waals surface area contributed by atoms with Gasteiger partial charge in [0.25, 0.3) is 0 Å². The van der Waals surface area contributed by atoms with Crippen molar-refractivity contribution >= 4 is 23.1 Å². The van der Waals surface area contributed by atoms with Crippen molar-refractivity contribution in [1.29, 1.82) is 0 Å². The maximum atomic E-state index is 9.97. The maximum Gasteiger partial charge on any atom is 0.240 e. The van der Waals surface area contributed by atoms with Crippen LogP contribution in [0.25, 0.3) is 34.3 Å². The van der Waals surface area contributed by atoms with Crippen molar-refractivity contribution in [3.8, 4) is 23.0 Å². The Bertz CT molecular complexity index is 1490. The quantitative estimate of drug-likeness (QED) is 0.382. The van der Waals surface area contributed by atoms with Gasteiger partial charge in [-0.1, -0.05) is 0 Å². The first-order valence-electron chi connectivity index (χ1n) is 13.1. The Labute approximate surface area is 227 Å². The van der Waals surface area contributed by atoms with Gasteiger partial charge >= 0.3 is 0 Å². The third-order valence-corrected chi connectivity index (χ3v) is 6.77. The number of nitrogens with one attached hydrogen (secondary N) is 1. The number of H-pyrrole nitrogens is 1. The SMILES string of the molecule is CCOc1nn([C@@H](C)CO)c2c1/C=C/c1n[nH]c3cnc(cc13)-c1c(COC)nn(C)c1OC(C)CN(C)C2. The second kappa shape index (κ2) is 11.2. The summed E-state index contributed by atoms with van der Waals surface area (Å²) in [7, 11) is 5.55. The number of fused-ring (bicyclic) bond motifs is 4. The number of hydrogen-bond acceptors (Lipinski definition) is 9. The number of aromatic nitrogens is 7. The highest BCUT2D eigenvalue weighted by Gasteiger charge is 2.26. The number of aryl methyl sites for hydroxylation is 1. The van der Waals surface area contributed by atoms with Gasteiger partial charge in [-0.05, 0) is 46.0 Å². The molecule has 39 heavy (non-hydrogen) atoms. The van der Waals surface area contributed by atoms with Gasteiger partial charge in [0, 0.05) is 32.6 Å². The van der Waals surface area contributed by atoms with E-state index in [9.17, 15) is 5.11 Å². The lowest BCUT2D eigenvalue weighted by atomic mass is 10.1. The molecule has 12 nitrogen and oxygen atoms in total. The van der Waals surface area contributed by atoms with Gasteiger partial charge in [-0.2, -0.15) is 10.2 Å². The number of hydrogen-bond donors (Lipinski definition) is 2. The minimum Gasteiger partial charge on any atom is -0.476 e. The number of aliphatic hydroxyl groups is 1. The minimum atomic E-state index is -0.221. The van der Waals surface area contributed by atoms with Gasteiger partial charge in [0.1, 0.15) is 11.8 Å². The fourth-order valence-electron chi connectivity index (χ4n) is 5.01. The summed E-state index contributed by atoms with van der Waals surface area (Å²) >= 11 is 0. The molecule has 2 bridgehead atoms. The number of rotatable bonds is 6. The minimum absolute atomic E-state index is 0.0422. The van der Waals surface area contributed by atoms with E-state index in [0.29, 0.717) is 38.1 Å². The lowest BCUT2D eigenvalue weighted by Crippen LogP contribution is -2.32. The number of nitrogens with zero attached hydrogens (tertiary/aromatic N) is 7. The van der Waals surface area contributed by atoms with Crippen LogP contribution in [0, 0.1) is 0 Å². The standard InChI is InChI=1S/C27H36N8O4/c1-7-38-26-18-8-9-20-19-10-21(28-11-22(19)30-29-20)25-23(15-37-6)31-34(5)27(25)39-17(3)12-33(4)13-24(18)35(32-26)16(2)14-36/h8-11,16-17,36H,7,12-15H2,1-6H3,(H,29,30)/b9-8+/t16-,17?/m0/s1. The normalized spacial score (nSPS) is 17.8. The van der Waals surface area contributed by atoms with Crippen LogP contribution in [0.5, 0.6) is 11.8 Å². The van der Waals surface area contributed by atoms with Crippen LogP contribution in [-0.2, 0) is 24.9 Å². The molecular formula is C27H36N8O4. The molecule has 208 valence electrons. The Balaban J connectivity index is 1.72. The van der Waals surface area contributed by atoms with Crippen LogP contribution in [0.4, 0.5) is 0 Å². The molecule has 12 heteroatoms. The van der Waals surface area contributed by atoms with Crippen molar-refractivity contribution in [2.24, 2.45) is 7.05 Å². The van der Waals surface area contributed by atoms with Gasteiger partial charge in [0.05, 0.1) is 65.8 Å². The van der Waals surface area contributed by atoms with Crippen LogP contribution in [-0.4, -0.2) is 84.8 Å². The molecule has 1 aliphatic heterocycles. The average Bonchev–Trinajstić information content (AvgIpc) is 3.55. The molecule has 0 saturated carbocycles. The molecule has 0 saturated heterocycles. The van der Waals surface area contributed by atoms with E-state index >= 15 is 0 Å². The second-order valence-corrected chi connectivity index (χ2v) is 9.94. The van der Waals surface area contributed by atoms with Gasteiger partial charge in [0.2, 0.25) is 11.8 Å². The Kier molecular flexibility index (Phi) is 7.69. The van der Waals surface area contributed by atoms with Crippen molar-refractivity contribution in [1.82, 2.24) is 39.6 Å². The van der Waals surface area contributed by atoms with Gasteiger partial charge in [-0.25, -0.2) is 4.68 Å². The summed E-state index contributed by atoms with van der Waals surface area (Å²) in [6, 6.07) is 1.78. The number of ether oxygens (including phenoxy) is 3. The van der Waals surface area contributed by atoms with Crippen LogP contribution < -0.4 is 9.47 Å². The molecule has 5 heterocycles. The van der Waals surface area contributed by atoms with Crippen LogP contribution in [0.15, 0.2) is 12.3 Å². The number of methoxy groups -OCH3 is 1. The molecule has 0 amide bonds. The highest BCUT2D eigenvalue weighted by Crippen LogP contribution is 2.36. The molecule has 4 aromatic rings. The number of aromatic amines is 1. The zero-order valence-corrected chi connectivity index (χ0v) is 23.3. The lowest BCUT2D eigenvalue weighted by Gasteiger charge is -2.24. The lowest BCUT2D eigenvalue weighted by molar-refractivity contribution is 0.145. The monoisotopic (exact) mass is 536 g/mol. The number of pyridine rings is 1. The molecular weight excluding hydrogens is 500 g/mol. The zero-order valence-electron chi connectivity index (χ0n) is 23.3. The Morgan fingerprint density at radius 3 is 2.82 bits per heavy atom. The first-order valence-corrected chi connectivity index (χ1v) is 13.1. The maximum absolute atomic E-state index is 9.97. The van der Waals surface area contributed by atoms with E-state index in [1.165, 1.54) is 0 Å². The predicted octanol–water partition coefficient (Wildman–Crippen LogP) is 3.04.